The second kappa shape index (κ2) is 4.88. The van der Waals surface area contributed by atoms with Crippen molar-refractivity contribution in [2.24, 2.45) is 0 Å². The van der Waals surface area contributed by atoms with Gasteiger partial charge in [0.25, 0.3) is 0 Å². The van der Waals surface area contributed by atoms with Crippen molar-refractivity contribution in [3.05, 3.63) is 46.4 Å². The molecule has 0 radical (unpaired) electrons. The number of hydrogen-bond donors (Lipinski definition) is 1. The summed E-state index contributed by atoms with van der Waals surface area (Å²) < 4.78 is 0. The van der Waals surface area contributed by atoms with Crippen molar-refractivity contribution < 1.29 is 0 Å². The molecule has 1 N–H and O–H groups in total. The quantitative estimate of drug-likeness (QED) is 0.883. The van der Waals surface area contributed by atoms with Gasteiger partial charge in [-0.1, -0.05) is 32.9 Å². The molecule has 2 nitrogen and oxygen atoms in total. The van der Waals surface area contributed by atoms with Crippen LogP contribution in [0.4, 0.5) is 5.69 Å². The van der Waals surface area contributed by atoms with Crippen LogP contribution in [0.25, 0.3) is 0 Å². The molecule has 1 aromatic heterocycles. The Hall–Kier alpha value is -1.35. The van der Waals surface area contributed by atoms with Crippen molar-refractivity contribution in [3.63, 3.8) is 0 Å². The molecule has 1 aromatic carbocycles. The topological polar surface area (TPSA) is 24.9 Å². The summed E-state index contributed by atoms with van der Waals surface area (Å²) in [5, 5.41) is 3.40. The summed E-state index contributed by atoms with van der Waals surface area (Å²) in [7, 11) is 0. The van der Waals surface area contributed by atoms with Crippen molar-refractivity contribution in [1.29, 1.82) is 0 Å². The second-order valence-electron chi connectivity index (χ2n) is 5.15. The van der Waals surface area contributed by atoms with Crippen LogP contribution >= 0.6 is 11.3 Å². The maximum Gasteiger partial charge on any atom is 0.0794 e. The van der Waals surface area contributed by atoms with Crippen LogP contribution in [-0.4, -0.2) is 4.98 Å². The maximum atomic E-state index is 4.06. The number of hydrogen-bond acceptors (Lipinski definition) is 3. The molecular weight excluding hydrogens is 228 g/mol. The Labute approximate surface area is 107 Å². The van der Waals surface area contributed by atoms with Crippen LogP contribution in [0, 0.1) is 0 Å². The Bertz CT molecular complexity index is 452. The molecule has 3 heteroatoms. The minimum absolute atomic E-state index is 0.218. The maximum absolute atomic E-state index is 4.06. The number of thiazole rings is 1. The predicted molar refractivity (Wildman–Crippen MR) is 74.6 cm³/mol. The second-order valence-corrected chi connectivity index (χ2v) is 6.12. The summed E-state index contributed by atoms with van der Waals surface area (Å²) in [6.07, 6.45) is 1.90. The van der Waals surface area contributed by atoms with E-state index < -0.39 is 0 Å². The Morgan fingerprint density at radius 2 is 1.88 bits per heavy atom. The lowest BCUT2D eigenvalue weighted by atomic mass is 9.87. The van der Waals surface area contributed by atoms with Crippen LogP contribution in [-0.2, 0) is 12.0 Å². The largest absolute Gasteiger partial charge is 0.380 e. The van der Waals surface area contributed by atoms with Crippen LogP contribution in [0.2, 0.25) is 0 Å². The van der Waals surface area contributed by atoms with Crippen molar-refractivity contribution in [3.8, 4) is 0 Å². The molecule has 0 aliphatic carbocycles. The van der Waals surface area contributed by atoms with Gasteiger partial charge in [-0.25, -0.2) is 0 Å². The van der Waals surface area contributed by atoms with Gasteiger partial charge in [0.1, 0.15) is 0 Å². The van der Waals surface area contributed by atoms with Crippen molar-refractivity contribution >= 4 is 17.0 Å². The molecule has 2 aromatic rings. The van der Waals surface area contributed by atoms with Gasteiger partial charge < -0.3 is 5.32 Å². The Morgan fingerprint density at radius 1 is 1.18 bits per heavy atom. The molecule has 0 aliphatic heterocycles. The van der Waals surface area contributed by atoms with Gasteiger partial charge in [-0.05, 0) is 23.1 Å². The SMILES string of the molecule is CC(C)(C)c1ccc(NCc2cncs2)cc1. The Morgan fingerprint density at radius 3 is 2.41 bits per heavy atom. The van der Waals surface area contributed by atoms with Crippen LogP contribution in [0.5, 0.6) is 0 Å². The third-order valence-corrected chi connectivity index (χ3v) is 3.48. The normalized spacial score (nSPS) is 11.5. The van der Waals surface area contributed by atoms with Gasteiger partial charge in [-0.2, -0.15) is 0 Å². The van der Waals surface area contributed by atoms with Crippen molar-refractivity contribution in [2.75, 3.05) is 5.32 Å². The first kappa shape index (κ1) is 12.1. The molecule has 0 spiro atoms. The number of benzene rings is 1. The average Bonchev–Trinajstić information content (AvgIpc) is 2.78. The highest BCUT2D eigenvalue weighted by atomic mass is 32.1. The Balaban J connectivity index is 1.99. The highest BCUT2D eigenvalue weighted by Crippen LogP contribution is 2.23. The fraction of sp³-hybridized carbons (Fsp3) is 0.357. The number of anilines is 1. The van der Waals surface area contributed by atoms with Crippen LogP contribution in [0.15, 0.2) is 36.0 Å². The van der Waals surface area contributed by atoms with E-state index in [9.17, 15) is 0 Å². The smallest absolute Gasteiger partial charge is 0.0794 e. The van der Waals surface area contributed by atoms with Crippen LogP contribution in [0.3, 0.4) is 0 Å². The van der Waals surface area contributed by atoms with Gasteiger partial charge in [0.2, 0.25) is 0 Å². The van der Waals surface area contributed by atoms with Gasteiger partial charge in [-0.3, -0.25) is 4.98 Å². The zero-order valence-electron chi connectivity index (χ0n) is 10.5. The van der Waals surface area contributed by atoms with Crippen molar-refractivity contribution in [1.82, 2.24) is 4.98 Å². The van der Waals surface area contributed by atoms with Gasteiger partial charge in [-0.15, -0.1) is 11.3 Å². The monoisotopic (exact) mass is 246 g/mol. The van der Waals surface area contributed by atoms with E-state index in [0.29, 0.717) is 0 Å². The Kier molecular flexibility index (Phi) is 3.48. The lowest BCUT2D eigenvalue weighted by Crippen LogP contribution is -2.10. The fourth-order valence-corrected chi connectivity index (χ4v) is 2.14. The predicted octanol–water partition coefficient (Wildman–Crippen LogP) is 4.05. The van der Waals surface area contributed by atoms with Gasteiger partial charge >= 0.3 is 0 Å². The van der Waals surface area contributed by atoms with E-state index in [1.807, 2.05) is 11.7 Å². The van der Waals surface area contributed by atoms with Crippen molar-refractivity contribution in [2.45, 2.75) is 32.7 Å². The summed E-state index contributed by atoms with van der Waals surface area (Å²) >= 11 is 1.68. The molecule has 17 heavy (non-hydrogen) atoms. The molecule has 0 atom stereocenters. The van der Waals surface area contributed by atoms with E-state index in [-0.39, 0.29) is 5.41 Å². The molecule has 0 saturated heterocycles. The molecule has 0 fully saturated rings. The molecule has 0 unspecified atom stereocenters. The number of nitrogens with zero attached hydrogens (tertiary/aromatic N) is 1. The summed E-state index contributed by atoms with van der Waals surface area (Å²) in [6.45, 7) is 7.53. The van der Waals surface area contributed by atoms with Crippen LogP contribution < -0.4 is 5.32 Å². The first-order valence-corrected chi connectivity index (χ1v) is 6.65. The highest BCUT2D eigenvalue weighted by Gasteiger charge is 2.12. The minimum Gasteiger partial charge on any atom is -0.380 e. The van der Waals surface area contributed by atoms with Gasteiger partial charge in [0.05, 0.1) is 12.1 Å². The average molecular weight is 246 g/mol. The first-order chi connectivity index (χ1) is 8.05. The van der Waals surface area contributed by atoms with E-state index in [0.717, 1.165) is 12.2 Å². The lowest BCUT2D eigenvalue weighted by molar-refractivity contribution is 0.590. The minimum atomic E-state index is 0.218. The fourth-order valence-electron chi connectivity index (χ4n) is 1.61. The molecule has 90 valence electrons. The van der Waals surface area contributed by atoms with E-state index >= 15 is 0 Å². The molecule has 1 heterocycles. The third-order valence-electron chi connectivity index (χ3n) is 2.70. The zero-order valence-corrected chi connectivity index (χ0v) is 11.3. The van der Waals surface area contributed by atoms with E-state index in [4.69, 9.17) is 0 Å². The molecular formula is C14H18N2S. The third kappa shape index (κ3) is 3.30. The number of aromatic nitrogens is 1. The molecule has 0 saturated carbocycles. The van der Waals surface area contributed by atoms with Gasteiger partial charge in [0, 0.05) is 16.8 Å². The lowest BCUT2D eigenvalue weighted by Gasteiger charge is -2.19. The molecule has 0 aliphatic rings. The number of nitrogens with one attached hydrogen (secondary N) is 1. The molecule has 0 amide bonds. The van der Waals surface area contributed by atoms with E-state index in [2.05, 4.69) is 55.3 Å². The van der Waals surface area contributed by atoms with E-state index in [1.54, 1.807) is 11.3 Å². The van der Waals surface area contributed by atoms with Gasteiger partial charge in [0.15, 0.2) is 0 Å². The number of rotatable bonds is 3. The zero-order chi connectivity index (χ0) is 12.3. The standard InChI is InChI=1S/C14H18N2S/c1-14(2,3)11-4-6-12(7-5-11)16-9-13-8-15-10-17-13/h4-8,10,16H,9H2,1-3H3. The highest BCUT2D eigenvalue weighted by molar-refractivity contribution is 7.09. The molecule has 0 bridgehead atoms. The van der Waals surface area contributed by atoms with Crippen LogP contribution in [0.1, 0.15) is 31.2 Å². The van der Waals surface area contributed by atoms with E-state index in [1.165, 1.54) is 10.4 Å². The summed E-state index contributed by atoms with van der Waals surface area (Å²) in [5.74, 6) is 0. The molecule has 2 rings (SSSR count). The summed E-state index contributed by atoms with van der Waals surface area (Å²) in [6, 6.07) is 8.66. The summed E-state index contributed by atoms with van der Waals surface area (Å²) in [4.78, 5) is 5.31. The summed E-state index contributed by atoms with van der Waals surface area (Å²) in [5.41, 5.74) is 4.60. The first-order valence-electron chi connectivity index (χ1n) is 5.77.